The number of para-hydroxylation sites is 1. The summed E-state index contributed by atoms with van der Waals surface area (Å²) in [5.41, 5.74) is 0.657. The van der Waals surface area contributed by atoms with Crippen molar-refractivity contribution in [2.45, 2.75) is 18.4 Å². The first-order chi connectivity index (χ1) is 9.13. The van der Waals surface area contributed by atoms with Crippen LogP contribution in [-0.4, -0.2) is 30.3 Å². The van der Waals surface area contributed by atoms with E-state index in [1.807, 2.05) is 16.8 Å². The Morgan fingerprint density at radius 3 is 2.79 bits per heavy atom. The number of aromatic nitrogens is 2. The van der Waals surface area contributed by atoms with Crippen LogP contribution in [0, 0.1) is 0 Å². The molecule has 6 heteroatoms. The lowest BCUT2D eigenvalue weighted by molar-refractivity contribution is 0.597. The Balaban J connectivity index is 2.08. The van der Waals surface area contributed by atoms with Gasteiger partial charge in [-0.05, 0) is 12.1 Å². The molecule has 2 rings (SSSR count). The van der Waals surface area contributed by atoms with E-state index in [9.17, 15) is 8.42 Å². The average Bonchev–Trinajstić information content (AvgIpc) is 2.92. The molecule has 0 spiro atoms. The van der Waals surface area contributed by atoms with Gasteiger partial charge in [0.1, 0.15) is 0 Å². The van der Waals surface area contributed by atoms with Gasteiger partial charge in [-0.25, -0.2) is 13.4 Å². The quantitative estimate of drug-likeness (QED) is 0.875. The van der Waals surface area contributed by atoms with Gasteiger partial charge in [0.15, 0.2) is 9.84 Å². The van der Waals surface area contributed by atoms with Gasteiger partial charge < -0.3 is 9.88 Å². The van der Waals surface area contributed by atoms with Crippen molar-refractivity contribution in [1.29, 1.82) is 0 Å². The minimum atomic E-state index is -3.19. The number of benzene rings is 1. The van der Waals surface area contributed by atoms with Gasteiger partial charge in [0.25, 0.3) is 0 Å². The van der Waals surface area contributed by atoms with Crippen LogP contribution >= 0.6 is 0 Å². The lowest BCUT2D eigenvalue weighted by Gasteiger charge is -2.11. The van der Waals surface area contributed by atoms with Crippen molar-refractivity contribution in [3.63, 3.8) is 0 Å². The fourth-order valence-corrected chi connectivity index (χ4v) is 2.85. The van der Waals surface area contributed by atoms with Crippen LogP contribution < -0.4 is 5.32 Å². The van der Waals surface area contributed by atoms with E-state index < -0.39 is 9.84 Å². The van der Waals surface area contributed by atoms with Gasteiger partial charge in [-0.1, -0.05) is 19.1 Å². The molecule has 0 bridgehead atoms. The van der Waals surface area contributed by atoms with Crippen LogP contribution in [0.2, 0.25) is 0 Å². The SMILES string of the molecule is CCS(=O)(=O)c1ccccc1NCCn1ccnc1. The molecule has 0 fully saturated rings. The van der Waals surface area contributed by atoms with Crippen LogP contribution in [0.5, 0.6) is 0 Å². The number of anilines is 1. The smallest absolute Gasteiger partial charge is 0.180 e. The summed E-state index contributed by atoms with van der Waals surface area (Å²) in [6.45, 7) is 3.03. The second-order valence-corrected chi connectivity index (χ2v) is 6.37. The van der Waals surface area contributed by atoms with Crippen molar-refractivity contribution >= 4 is 15.5 Å². The zero-order chi connectivity index (χ0) is 13.7. The fraction of sp³-hybridized carbons (Fsp3) is 0.308. The predicted octanol–water partition coefficient (Wildman–Crippen LogP) is 1.79. The number of rotatable bonds is 6. The van der Waals surface area contributed by atoms with E-state index in [2.05, 4.69) is 10.3 Å². The third-order valence-electron chi connectivity index (χ3n) is 2.85. The Hall–Kier alpha value is -1.82. The normalized spacial score (nSPS) is 11.4. The van der Waals surface area contributed by atoms with E-state index in [0.717, 1.165) is 6.54 Å². The zero-order valence-corrected chi connectivity index (χ0v) is 11.6. The Bertz CT molecular complexity index is 621. The van der Waals surface area contributed by atoms with Crippen LogP contribution in [0.15, 0.2) is 47.9 Å². The Labute approximate surface area is 113 Å². The van der Waals surface area contributed by atoms with Crippen LogP contribution in [-0.2, 0) is 16.4 Å². The van der Waals surface area contributed by atoms with E-state index in [0.29, 0.717) is 17.1 Å². The highest BCUT2D eigenvalue weighted by molar-refractivity contribution is 7.91. The molecule has 1 N–H and O–H groups in total. The third-order valence-corrected chi connectivity index (χ3v) is 4.63. The van der Waals surface area contributed by atoms with Gasteiger partial charge in [-0.3, -0.25) is 0 Å². The first kappa shape index (κ1) is 13.6. The van der Waals surface area contributed by atoms with Crippen molar-refractivity contribution in [2.24, 2.45) is 0 Å². The number of imidazole rings is 1. The van der Waals surface area contributed by atoms with Crippen molar-refractivity contribution in [3.05, 3.63) is 43.0 Å². The molecule has 1 aromatic heterocycles. The molecule has 0 saturated heterocycles. The van der Waals surface area contributed by atoms with E-state index >= 15 is 0 Å². The second-order valence-electron chi connectivity index (χ2n) is 4.13. The van der Waals surface area contributed by atoms with Crippen molar-refractivity contribution < 1.29 is 8.42 Å². The Morgan fingerprint density at radius 2 is 2.11 bits per heavy atom. The van der Waals surface area contributed by atoms with Gasteiger partial charge in [0.2, 0.25) is 0 Å². The summed E-state index contributed by atoms with van der Waals surface area (Å²) in [6.07, 6.45) is 5.32. The van der Waals surface area contributed by atoms with E-state index in [1.165, 1.54) is 0 Å². The molecule has 0 saturated carbocycles. The highest BCUT2D eigenvalue weighted by Crippen LogP contribution is 2.21. The number of hydrogen-bond donors (Lipinski definition) is 1. The summed E-state index contributed by atoms with van der Waals surface area (Å²) in [5, 5.41) is 3.16. The van der Waals surface area contributed by atoms with E-state index in [4.69, 9.17) is 0 Å². The molecule has 0 unspecified atom stereocenters. The number of nitrogens with zero attached hydrogens (tertiary/aromatic N) is 2. The molecular formula is C13H17N3O2S. The topological polar surface area (TPSA) is 64.0 Å². The maximum absolute atomic E-state index is 12.0. The van der Waals surface area contributed by atoms with Gasteiger partial charge in [0.05, 0.1) is 22.7 Å². The molecule has 0 amide bonds. The van der Waals surface area contributed by atoms with Crippen LogP contribution in [0.4, 0.5) is 5.69 Å². The summed E-state index contributed by atoms with van der Waals surface area (Å²) in [7, 11) is -3.19. The molecular weight excluding hydrogens is 262 g/mol. The van der Waals surface area contributed by atoms with E-state index in [-0.39, 0.29) is 5.75 Å². The monoisotopic (exact) mass is 279 g/mol. The standard InChI is InChI=1S/C13H17N3O2S/c1-2-19(17,18)13-6-4-3-5-12(13)15-8-10-16-9-7-14-11-16/h3-7,9,11,15H,2,8,10H2,1H3. The lowest BCUT2D eigenvalue weighted by Crippen LogP contribution is -2.13. The highest BCUT2D eigenvalue weighted by Gasteiger charge is 2.15. The molecule has 102 valence electrons. The van der Waals surface area contributed by atoms with Crippen molar-refractivity contribution in [1.82, 2.24) is 9.55 Å². The van der Waals surface area contributed by atoms with Gasteiger partial charge in [0, 0.05) is 25.5 Å². The first-order valence-electron chi connectivity index (χ1n) is 6.15. The van der Waals surface area contributed by atoms with E-state index in [1.54, 1.807) is 37.6 Å². The molecule has 1 aromatic carbocycles. The summed E-state index contributed by atoms with van der Waals surface area (Å²) in [4.78, 5) is 4.32. The minimum Gasteiger partial charge on any atom is -0.382 e. The Kier molecular flexibility index (Phi) is 4.21. The van der Waals surface area contributed by atoms with Gasteiger partial charge >= 0.3 is 0 Å². The maximum atomic E-state index is 12.0. The minimum absolute atomic E-state index is 0.104. The Morgan fingerprint density at radius 1 is 1.32 bits per heavy atom. The summed E-state index contributed by atoms with van der Waals surface area (Å²) >= 11 is 0. The average molecular weight is 279 g/mol. The molecule has 5 nitrogen and oxygen atoms in total. The zero-order valence-electron chi connectivity index (χ0n) is 10.8. The predicted molar refractivity (Wildman–Crippen MR) is 74.9 cm³/mol. The molecule has 0 radical (unpaired) electrons. The molecule has 19 heavy (non-hydrogen) atoms. The molecule has 0 aliphatic carbocycles. The number of hydrogen-bond acceptors (Lipinski definition) is 4. The summed E-state index contributed by atoms with van der Waals surface area (Å²) < 4.78 is 25.9. The number of sulfone groups is 1. The summed E-state index contributed by atoms with van der Waals surface area (Å²) in [6, 6.07) is 6.99. The second kappa shape index (κ2) is 5.88. The van der Waals surface area contributed by atoms with Crippen LogP contribution in [0.3, 0.4) is 0 Å². The third kappa shape index (κ3) is 3.35. The van der Waals surface area contributed by atoms with Crippen LogP contribution in [0.1, 0.15) is 6.92 Å². The molecule has 0 aliphatic heterocycles. The molecule has 1 heterocycles. The fourth-order valence-electron chi connectivity index (χ4n) is 1.78. The van der Waals surface area contributed by atoms with Crippen LogP contribution in [0.25, 0.3) is 0 Å². The van der Waals surface area contributed by atoms with Gasteiger partial charge in [-0.2, -0.15) is 0 Å². The summed E-state index contributed by atoms with van der Waals surface area (Å²) in [5.74, 6) is 0.104. The van der Waals surface area contributed by atoms with Gasteiger partial charge in [-0.15, -0.1) is 0 Å². The van der Waals surface area contributed by atoms with Crippen molar-refractivity contribution in [3.8, 4) is 0 Å². The lowest BCUT2D eigenvalue weighted by atomic mass is 10.3. The van der Waals surface area contributed by atoms with Crippen molar-refractivity contribution in [2.75, 3.05) is 17.6 Å². The highest BCUT2D eigenvalue weighted by atomic mass is 32.2. The molecule has 0 atom stereocenters. The number of nitrogens with one attached hydrogen (secondary N) is 1. The largest absolute Gasteiger partial charge is 0.382 e. The first-order valence-corrected chi connectivity index (χ1v) is 7.80. The maximum Gasteiger partial charge on any atom is 0.180 e. The molecule has 2 aromatic rings. The molecule has 0 aliphatic rings.